The van der Waals surface area contributed by atoms with E-state index in [1.165, 1.54) is 0 Å². The number of aryl methyl sites for hydroxylation is 1. The molecule has 0 radical (unpaired) electrons. The van der Waals surface area contributed by atoms with E-state index in [4.69, 9.17) is 0 Å². The molecule has 1 aliphatic heterocycles. The summed E-state index contributed by atoms with van der Waals surface area (Å²) in [5.41, 5.74) is 2.02. The van der Waals surface area contributed by atoms with E-state index in [9.17, 15) is 9.59 Å². The van der Waals surface area contributed by atoms with Crippen LogP contribution in [-0.4, -0.2) is 33.5 Å². The molecule has 2 atom stereocenters. The fourth-order valence-corrected chi connectivity index (χ4v) is 3.92. The van der Waals surface area contributed by atoms with Crippen molar-refractivity contribution >= 4 is 23.2 Å². The Morgan fingerprint density at radius 2 is 2.26 bits per heavy atom. The second-order valence-corrected chi connectivity index (χ2v) is 6.85. The second-order valence-electron chi connectivity index (χ2n) is 5.87. The minimum atomic E-state index is -0.344. The molecule has 3 heterocycles. The number of rotatable bonds is 4. The number of thiophene rings is 1. The fourth-order valence-electron chi connectivity index (χ4n) is 2.98. The number of likely N-dealkylation sites (tertiary alicyclic amines) is 1. The van der Waals surface area contributed by atoms with E-state index in [1.54, 1.807) is 34.2 Å². The lowest BCUT2D eigenvalue weighted by molar-refractivity contribution is -0.128. The molecule has 2 aromatic heterocycles. The molecule has 1 saturated heterocycles. The quantitative estimate of drug-likeness (QED) is 0.925. The number of carbonyl (C=O) groups excluding carboxylic acids is 2. The molecule has 6 nitrogen and oxygen atoms in total. The Balaban J connectivity index is 1.73. The highest BCUT2D eigenvalue weighted by Crippen LogP contribution is 2.39. The zero-order valence-corrected chi connectivity index (χ0v) is 14.3. The third-order valence-corrected chi connectivity index (χ3v) is 5.49. The van der Waals surface area contributed by atoms with Gasteiger partial charge in [-0.3, -0.25) is 14.3 Å². The van der Waals surface area contributed by atoms with Crippen LogP contribution in [0.15, 0.2) is 23.7 Å². The Morgan fingerprint density at radius 1 is 1.48 bits per heavy atom. The van der Waals surface area contributed by atoms with Gasteiger partial charge in [-0.05, 0) is 18.4 Å². The lowest BCUT2D eigenvalue weighted by atomic mass is 9.98. The first kappa shape index (κ1) is 15.7. The molecule has 0 saturated carbocycles. The highest BCUT2D eigenvalue weighted by molar-refractivity contribution is 7.10. The summed E-state index contributed by atoms with van der Waals surface area (Å²) in [5, 5.41) is 9.11. The van der Waals surface area contributed by atoms with Gasteiger partial charge in [-0.15, -0.1) is 11.3 Å². The van der Waals surface area contributed by atoms with Gasteiger partial charge < -0.3 is 10.2 Å². The summed E-state index contributed by atoms with van der Waals surface area (Å²) in [6, 6.07) is 3.76. The van der Waals surface area contributed by atoms with Crippen LogP contribution in [-0.2, 0) is 23.2 Å². The first-order valence-corrected chi connectivity index (χ1v) is 8.41. The van der Waals surface area contributed by atoms with Gasteiger partial charge in [-0.25, -0.2) is 0 Å². The van der Waals surface area contributed by atoms with Crippen LogP contribution in [0, 0.1) is 12.8 Å². The average Bonchev–Trinajstić information content (AvgIpc) is 3.22. The van der Waals surface area contributed by atoms with Crippen LogP contribution in [0.4, 0.5) is 0 Å². The number of nitrogens with zero attached hydrogens (tertiary/aromatic N) is 3. The lowest BCUT2D eigenvalue weighted by Crippen LogP contribution is -2.34. The molecule has 0 bridgehead atoms. The number of aromatic nitrogens is 2. The Morgan fingerprint density at radius 3 is 2.87 bits per heavy atom. The average molecular weight is 332 g/mol. The number of nitrogens with one attached hydrogen (secondary N) is 1. The van der Waals surface area contributed by atoms with Crippen LogP contribution in [0.5, 0.6) is 0 Å². The SMILES string of the molecule is Cc1c(CNC(=O)[C@@H]2CC(=O)N(C)[C@@H]2c2cccs2)cnn1C. The lowest BCUT2D eigenvalue weighted by Gasteiger charge is -2.23. The van der Waals surface area contributed by atoms with Crippen molar-refractivity contribution in [2.24, 2.45) is 13.0 Å². The molecule has 2 amide bonds. The number of amides is 2. The monoisotopic (exact) mass is 332 g/mol. The van der Waals surface area contributed by atoms with Gasteiger partial charge in [-0.1, -0.05) is 6.07 Å². The number of hydrogen-bond acceptors (Lipinski definition) is 4. The fraction of sp³-hybridized carbons (Fsp3) is 0.438. The molecule has 0 aliphatic carbocycles. The maximum atomic E-state index is 12.6. The van der Waals surface area contributed by atoms with Crippen molar-refractivity contribution in [1.29, 1.82) is 0 Å². The Kier molecular flexibility index (Phi) is 4.21. The van der Waals surface area contributed by atoms with Crippen LogP contribution in [0.25, 0.3) is 0 Å². The van der Waals surface area contributed by atoms with Crippen molar-refractivity contribution in [2.45, 2.75) is 25.9 Å². The summed E-state index contributed by atoms with van der Waals surface area (Å²) in [5.74, 6) is -0.409. The summed E-state index contributed by atoms with van der Waals surface area (Å²) in [4.78, 5) is 27.4. The van der Waals surface area contributed by atoms with Gasteiger partial charge in [0.15, 0.2) is 0 Å². The van der Waals surface area contributed by atoms with E-state index in [2.05, 4.69) is 10.4 Å². The van der Waals surface area contributed by atoms with Gasteiger partial charge in [-0.2, -0.15) is 5.10 Å². The highest BCUT2D eigenvalue weighted by atomic mass is 32.1. The van der Waals surface area contributed by atoms with Crippen LogP contribution in [0.3, 0.4) is 0 Å². The molecule has 1 fully saturated rings. The molecule has 3 rings (SSSR count). The van der Waals surface area contributed by atoms with E-state index in [0.717, 1.165) is 16.1 Å². The molecule has 2 aromatic rings. The molecule has 0 unspecified atom stereocenters. The predicted octanol–water partition coefficient (Wildman–Crippen LogP) is 1.63. The van der Waals surface area contributed by atoms with E-state index in [-0.39, 0.29) is 30.2 Å². The van der Waals surface area contributed by atoms with Crippen molar-refractivity contribution in [1.82, 2.24) is 20.0 Å². The van der Waals surface area contributed by atoms with Gasteiger partial charge in [0.2, 0.25) is 11.8 Å². The van der Waals surface area contributed by atoms with Crippen molar-refractivity contribution in [3.8, 4) is 0 Å². The van der Waals surface area contributed by atoms with E-state index in [1.807, 2.05) is 31.5 Å². The minimum Gasteiger partial charge on any atom is -0.352 e. The van der Waals surface area contributed by atoms with Gasteiger partial charge in [0, 0.05) is 43.2 Å². The van der Waals surface area contributed by atoms with Crippen molar-refractivity contribution in [2.75, 3.05) is 7.05 Å². The largest absolute Gasteiger partial charge is 0.352 e. The molecule has 1 N–H and O–H groups in total. The zero-order valence-electron chi connectivity index (χ0n) is 13.4. The standard InChI is InChI=1S/C16H20N4O2S/c1-10-11(9-18-20(10)3)8-17-16(22)12-7-14(21)19(2)15(12)13-5-4-6-23-13/h4-6,9,12,15H,7-8H2,1-3H3,(H,17,22)/t12-,15+/m1/s1. The van der Waals surface area contributed by atoms with Crippen molar-refractivity contribution in [3.05, 3.63) is 39.8 Å². The molecule has 7 heteroatoms. The Labute approximate surface area is 139 Å². The van der Waals surface area contributed by atoms with Crippen molar-refractivity contribution < 1.29 is 9.59 Å². The molecule has 23 heavy (non-hydrogen) atoms. The van der Waals surface area contributed by atoms with Crippen molar-refractivity contribution in [3.63, 3.8) is 0 Å². The first-order valence-electron chi connectivity index (χ1n) is 7.53. The van der Waals surface area contributed by atoms with Gasteiger partial charge in [0.25, 0.3) is 0 Å². The van der Waals surface area contributed by atoms with Gasteiger partial charge in [0.1, 0.15) is 0 Å². The smallest absolute Gasteiger partial charge is 0.226 e. The van der Waals surface area contributed by atoms with Crippen LogP contribution in [0.1, 0.15) is 28.6 Å². The predicted molar refractivity (Wildman–Crippen MR) is 87.7 cm³/mol. The third-order valence-electron chi connectivity index (χ3n) is 4.55. The van der Waals surface area contributed by atoms with Crippen LogP contribution >= 0.6 is 11.3 Å². The summed E-state index contributed by atoms with van der Waals surface area (Å²) in [6.07, 6.45) is 2.02. The van der Waals surface area contributed by atoms with Gasteiger partial charge >= 0.3 is 0 Å². The van der Waals surface area contributed by atoms with Crippen LogP contribution in [0.2, 0.25) is 0 Å². The first-order chi connectivity index (χ1) is 11.0. The van der Waals surface area contributed by atoms with E-state index < -0.39 is 0 Å². The Bertz CT molecular complexity index is 723. The second kappa shape index (κ2) is 6.16. The molecular formula is C16H20N4O2S. The molecule has 1 aliphatic rings. The van der Waals surface area contributed by atoms with Gasteiger partial charge in [0.05, 0.1) is 18.2 Å². The number of hydrogen-bond donors (Lipinski definition) is 1. The molecular weight excluding hydrogens is 312 g/mol. The zero-order chi connectivity index (χ0) is 16.6. The summed E-state index contributed by atoms with van der Waals surface area (Å²) < 4.78 is 1.78. The third kappa shape index (κ3) is 2.88. The van der Waals surface area contributed by atoms with E-state index >= 15 is 0 Å². The highest BCUT2D eigenvalue weighted by Gasteiger charge is 2.43. The Hall–Kier alpha value is -2.15. The molecule has 0 spiro atoms. The maximum absolute atomic E-state index is 12.6. The maximum Gasteiger partial charge on any atom is 0.226 e. The normalized spacial score (nSPS) is 21.0. The molecule has 122 valence electrons. The summed E-state index contributed by atoms with van der Waals surface area (Å²) in [6.45, 7) is 2.40. The van der Waals surface area contributed by atoms with Crippen LogP contribution < -0.4 is 5.32 Å². The minimum absolute atomic E-state index is 0.0149. The van der Waals surface area contributed by atoms with E-state index in [0.29, 0.717) is 6.54 Å². The summed E-state index contributed by atoms with van der Waals surface area (Å²) in [7, 11) is 3.64. The number of carbonyl (C=O) groups is 2. The topological polar surface area (TPSA) is 67.2 Å². The molecule has 0 aromatic carbocycles. The summed E-state index contributed by atoms with van der Waals surface area (Å²) >= 11 is 1.58.